The molecule has 2 aromatic heterocycles. The lowest BCUT2D eigenvalue weighted by Gasteiger charge is -2.07. The van der Waals surface area contributed by atoms with Crippen molar-refractivity contribution in [1.82, 2.24) is 15.6 Å². The Morgan fingerprint density at radius 1 is 1.08 bits per heavy atom. The van der Waals surface area contributed by atoms with Gasteiger partial charge >= 0.3 is 5.97 Å². The molecule has 0 aromatic carbocycles. The average molecular weight is 345 g/mol. The Morgan fingerprint density at radius 3 is 2.32 bits per heavy atom. The van der Waals surface area contributed by atoms with Crippen LogP contribution in [0.5, 0.6) is 0 Å². The number of furan rings is 1. The summed E-state index contributed by atoms with van der Waals surface area (Å²) in [6.07, 6.45) is 1.98. The molecule has 0 aliphatic rings. The van der Waals surface area contributed by atoms with E-state index in [0.29, 0.717) is 19.5 Å². The maximum absolute atomic E-state index is 12.0. The van der Waals surface area contributed by atoms with Crippen LogP contribution < -0.4 is 10.6 Å². The molecule has 0 unspecified atom stereocenters. The predicted molar refractivity (Wildman–Crippen MR) is 88.7 cm³/mol. The summed E-state index contributed by atoms with van der Waals surface area (Å²) in [5.74, 6) is -1.50. The number of aromatic nitrogens is 1. The summed E-state index contributed by atoms with van der Waals surface area (Å²) in [5, 5.41) is 14.3. The van der Waals surface area contributed by atoms with Gasteiger partial charge in [-0.15, -0.1) is 0 Å². The van der Waals surface area contributed by atoms with Crippen molar-refractivity contribution in [2.24, 2.45) is 0 Å². The van der Waals surface area contributed by atoms with E-state index in [1.165, 1.54) is 25.3 Å². The number of pyridine rings is 1. The highest BCUT2D eigenvalue weighted by molar-refractivity contribution is 5.94. The molecule has 0 aliphatic carbocycles. The second-order valence-corrected chi connectivity index (χ2v) is 5.43. The molecule has 0 radical (unpaired) electrons. The van der Waals surface area contributed by atoms with E-state index in [4.69, 9.17) is 9.52 Å². The smallest absolute Gasteiger partial charge is 0.337 e. The number of aromatic carboxylic acids is 1. The zero-order chi connectivity index (χ0) is 18.4. The molecule has 2 rings (SSSR count). The van der Waals surface area contributed by atoms with Gasteiger partial charge < -0.3 is 20.2 Å². The normalized spacial score (nSPS) is 10.3. The van der Waals surface area contributed by atoms with Gasteiger partial charge in [-0.2, -0.15) is 0 Å². The molecule has 132 valence electrons. The van der Waals surface area contributed by atoms with E-state index in [0.717, 1.165) is 5.56 Å². The Balaban J connectivity index is 1.75. The lowest BCUT2D eigenvalue weighted by atomic mass is 10.2. The van der Waals surface area contributed by atoms with Gasteiger partial charge in [0.05, 0.1) is 17.5 Å². The topological polar surface area (TPSA) is 122 Å². The van der Waals surface area contributed by atoms with Crippen LogP contribution in [0.2, 0.25) is 0 Å². The summed E-state index contributed by atoms with van der Waals surface area (Å²) in [5.41, 5.74) is 1.25. The molecule has 3 N–H and O–H groups in total. The van der Waals surface area contributed by atoms with E-state index >= 15 is 0 Å². The molecule has 0 atom stereocenters. The summed E-state index contributed by atoms with van der Waals surface area (Å²) < 4.78 is 5.08. The number of nitrogens with one attached hydrogen (secondary N) is 2. The molecule has 0 saturated carbocycles. The molecule has 2 heterocycles. The van der Waals surface area contributed by atoms with Crippen LogP contribution in [0.1, 0.15) is 49.1 Å². The van der Waals surface area contributed by atoms with Gasteiger partial charge in [-0.05, 0) is 38.5 Å². The van der Waals surface area contributed by atoms with Crippen LogP contribution in [0.4, 0.5) is 0 Å². The highest BCUT2D eigenvalue weighted by atomic mass is 16.4. The minimum Gasteiger partial charge on any atom is -0.478 e. The Kier molecular flexibility index (Phi) is 5.89. The molecule has 0 spiro atoms. The van der Waals surface area contributed by atoms with Crippen LogP contribution in [0.25, 0.3) is 0 Å². The fourth-order valence-electron chi connectivity index (χ4n) is 2.18. The average Bonchev–Trinajstić information content (AvgIpc) is 2.99. The number of rotatable bonds is 7. The summed E-state index contributed by atoms with van der Waals surface area (Å²) in [4.78, 5) is 38.7. The van der Waals surface area contributed by atoms with E-state index in [1.54, 1.807) is 13.0 Å². The van der Waals surface area contributed by atoms with Crippen molar-refractivity contribution in [2.45, 2.75) is 20.3 Å². The number of carbonyl (C=O) groups is 3. The van der Waals surface area contributed by atoms with Gasteiger partial charge in [0.25, 0.3) is 11.8 Å². The van der Waals surface area contributed by atoms with Crippen molar-refractivity contribution in [3.63, 3.8) is 0 Å². The van der Waals surface area contributed by atoms with Crippen LogP contribution in [0.3, 0.4) is 0 Å². The number of carboxylic acids is 1. The van der Waals surface area contributed by atoms with E-state index < -0.39 is 11.9 Å². The molecule has 2 aromatic rings. The van der Waals surface area contributed by atoms with Crippen molar-refractivity contribution in [2.75, 3.05) is 13.1 Å². The zero-order valence-corrected chi connectivity index (χ0v) is 14.0. The number of carbonyl (C=O) groups excluding carboxylic acids is 2. The van der Waals surface area contributed by atoms with Gasteiger partial charge in [-0.3, -0.25) is 9.59 Å². The molecule has 8 nitrogen and oxygen atoms in total. The van der Waals surface area contributed by atoms with Crippen molar-refractivity contribution >= 4 is 17.8 Å². The third-order valence-corrected chi connectivity index (χ3v) is 3.54. The summed E-state index contributed by atoms with van der Waals surface area (Å²) >= 11 is 0. The van der Waals surface area contributed by atoms with Gasteiger partial charge in [0.15, 0.2) is 5.76 Å². The summed E-state index contributed by atoms with van der Waals surface area (Å²) in [7, 11) is 0. The standard InChI is InChI=1S/C17H19N3O5/c1-10-6-9-25-14(10)16(22)19-8-3-7-18-15(21)13-5-4-12(17(23)24)11(2)20-13/h4-6,9H,3,7-8H2,1-2H3,(H,18,21)(H,19,22)(H,23,24). The van der Waals surface area contributed by atoms with Crippen molar-refractivity contribution < 1.29 is 23.9 Å². The quantitative estimate of drug-likeness (QED) is 0.654. The number of carboxylic acid groups (broad SMARTS) is 1. The first-order chi connectivity index (χ1) is 11.9. The SMILES string of the molecule is Cc1ccoc1C(=O)NCCCNC(=O)c1ccc(C(=O)O)c(C)n1. The lowest BCUT2D eigenvalue weighted by molar-refractivity contribution is 0.0694. The summed E-state index contributed by atoms with van der Waals surface area (Å²) in [6, 6.07) is 4.43. The molecule has 8 heteroatoms. The van der Waals surface area contributed by atoms with E-state index in [-0.39, 0.29) is 28.6 Å². The molecular weight excluding hydrogens is 326 g/mol. The van der Waals surface area contributed by atoms with Crippen molar-refractivity contribution in [3.05, 3.63) is 52.7 Å². The third-order valence-electron chi connectivity index (χ3n) is 3.54. The van der Waals surface area contributed by atoms with Crippen LogP contribution in [-0.2, 0) is 0 Å². The maximum atomic E-state index is 12.0. The highest BCUT2D eigenvalue weighted by Gasteiger charge is 2.13. The van der Waals surface area contributed by atoms with Gasteiger partial charge in [0, 0.05) is 18.7 Å². The third kappa shape index (κ3) is 4.66. The first-order valence-corrected chi connectivity index (χ1v) is 7.71. The van der Waals surface area contributed by atoms with E-state index in [9.17, 15) is 14.4 Å². The fourth-order valence-corrected chi connectivity index (χ4v) is 2.18. The van der Waals surface area contributed by atoms with Crippen molar-refractivity contribution in [3.8, 4) is 0 Å². The zero-order valence-electron chi connectivity index (χ0n) is 14.0. The van der Waals surface area contributed by atoms with Crippen LogP contribution >= 0.6 is 0 Å². The van der Waals surface area contributed by atoms with Crippen LogP contribution in [0.15, 0.2) is 28.9 Å². The van der Waals surface area contributed by atoms with E-state index in [1.807, 2.05) is 0 Å². The van der Waals surface area contributed by atoms with E-state index in [2.05, 4.69) is 15.6 Å². The van der Waals surface area contributed by atoms with Gasteiger partial charge in [-0.25, -0.2) is 9.78 Å². The van der Waals surface area contributed by atoms with Crippen molar-refractivity contribution in [1.29, 1.82) is 0 Å². The molecule has 2 amide bonds. The Bertz CT molecular complexity index is 797. The van der Waals surface area contributed by atoms with Gasteiger partial charge in [0.1, 0.15) is 5.69 Å². The van der Waals surface area contributed by atoms with Crippen LogP contribution in [-0.4, -0.2) is 41.0 Å². The Hall–Kier alpha value is -3.16. The molecule has 0 bridgehead atoms. The number of hydrogen-bond donors (Lipinski definition) is 3. The Labute approximate surface area is 144 Å². The second-order valence-electron chi connectivity index (χ2n) is 5.43. The fraction of sp³-hybridized carbons (Fsp3) is 0.294. The molecule has 25 heavy (non-hydrogen) atoms. The minimum absolute atomic E-state index is 0.0625. The molecular formula is C17H19N3O5. The number of nitrogens with zero attached hydrogens (tertiary/aromatic N) is 1. The monoisotopic (exact) mass is 345 g/mol. The maximum Gasteiger partial charge on any atom is 0.337 e. The second kappa shape index (κ2) is 8.09. The number of amides is 2. The van der Waals surface area contributed by atoms with Crippen LogP contribution in [0, 0.1) is 13.8 Å². The predicted octanol–water partition coefficient (Wildman–Crippen LogP) is 1.54. The molecule has 0 fully saturated rings. The minimum atomic E-state index is -1.08. The largest absolute Gasteiger partial charge is 0.478 e. The first kappa shape index (κ1) is 18.2. The molecule has 0 saturated heterocycles. The highest BCUT2D eigenvalue weighted by Crippen LogP contribution is 2.08. The Morgan fingerprint density at radius 2 is 1.76 bits per heavy atom. The first-order valence-electron chi connectivity index (χ1n) is 7.71. The lowest BCUT2D eigenvalue weighted by Crippen LogP contribution is -2.30. The number of aryl methyl sites for hydroxylation is 2. The van der Waals surface area contributed by atoms with Gasteiger partial charge in [-0.1, -0.05) is 0 Å². The summed E-state index contributed by atoms with van der Waals surface area (Å²) in [6.45, 7) is 4.04. The van der Waals surface area contributed by atoms with Gasteiger partial charge in [0.2, 0.25) is 0 Å². The molecule has 0 aliphatic heterocycles. The number of hydrogen-bond acceptors (Lipinski definition) is 5.